The molecule has 3 nitrogen and oxygen atoms in total. The summed E-state index contributed by atoms with van der Waals surface area (Å²) in [5.74, 6) is -0.269. The zero-order valence-electron chi connectivity index (χ0n) is 9.64. The minimum atomic E-state index is -0.269. The van der Waals surface area contributed by atoms with E-state index in [0.717, 1.165) is 22.5 Å². The lowest BCUT2D eigenvalue weighted by Gasteiger charge is -2.03. The summed E-state index contributed by atoms with van der Waals surface area (Å²) in [4.78, 5) is 7.56. The van der Waals surface area contributed by atoms with E-state index in [1.807, 2.05) is 19.1 Å². The molecule has 0 fully saturated rings. The van der Waals surface area contributed by atoms with Gasteiger partial charge in [-0.3, -0.25) is 4.57 Å². The molecule has 1 aromatic carbocycles. The van der Waals surface area contributed by atoms with Crippen LogP contribution in [0.4, 0.5) is 4.39 Å². The average molecular weight is 259 g/mol. The first-order valence-corrected chi connectivity index (χ1v) is 5.90. The highest BCUT2D eigenvalue weighted by molar-refractivity contribution is 7.71. The molecule has 0 unspecified atom stereocenters. The molecule has 18 heavy (non-hydrogen) atoms. The summed E-state index contributed by atoms with van der Waals surface area (Å²) in [6, 6.07) is 10.0. The van der Waals surface area contributed by atoms with Gasteiger partial charge in [-0.05, 0) is 55.5 Å². The van der Waals surface area contributed by atoms with Crippen molar-refractivity contribution in [3.63, 3.8) is 0 Å². The van der Waals surface area contributed by atoms with Crippen LogP contribution in [0.1, 0.15) is 5.69 Å². The van der Waals surface area contributed by atoms with Crippen LogP contribution in [-0.4, -0.2) is 14.5 Å². The number of nitrogens with zero attached hydrogens (tertiary/aromatic N) is 2. The number of H-pyrrole nitrogens is 1. The van der Waals surface area contributed by atoms with Crippen molar-refractivity contribution in [3.05, 3.63) is 52.7 Å². The van der Waals surface area contributed by atoms with Gasteiger partial charge in [-0.15, -0.1) is 0 Å². The molecular weight excluding hydrogens is 249 g/mol. The van der Waals surface area contributed by atoms with E-state index in [0.29, 0.717) is 4.77 Å². The Hall–Kier alpha value is -2.01. The van der Waals surface area contributed by atoms with Crippen LogP contribution in [-0.2, 0) is 0 Å². The van der Waals surface area contributed by atoms with Crippen LogP contribution >= 0.6 is 12.2 Å². The lowest BCUT2D eigenvalue weighted by atomic mass is 10.3. The fraction of sp³-hybridized carbons (Fsp3) is 0.0769. The van der Waals surface area contributed by atoms with Gasteiger partial charge in [0.25, 0.3) is 0 Å². The van der Waals surface area contributed by atoms with Crippen LogP contribution in [0.3, 0.4) is 0 Å². The molecule has 0 aliphatic heterocycles. The standard InChI is InChI=1S/C13H10FN3S/c1-8-2-7-11-12(15-8)17(13(18)16-11)10-5-3-9(14)4-6-10/h2-7H,1H3,(H,16,18). The lowest BCUT2D eigenvalue weighted by Crippen LogP contribution is -1.96. The summed E-state index contributed by atoms with van der Waals surface area (Å²) in [5.41, 5.74) is 3.33. The molecule has 0 atom stereocenters. The van der Waals surface area contributed by atoms with Crippen molar-refractivity contribution >= 4 is 23.4 Å². The molecule has 0 aliphatic rings. The van der Waals surface area contributed by atoms with Gasteiger partial charge in [0, 0.05) is 5.69 Å². The summed E-state index contributed by atoms with van der Waals surface area (Å²) in [7, 11) is 0. The summed E-state index contributed by atoms with van der Waals surface area (Å²) in [6.07, 6.45) is 0. The molecule has 2 aromatic heterocycles. The number of hydrogen-bond donors (Lipinski definition) is 1. The number of pyridine rings is 1. The van der Waals surface area contributed by atoms with Crippen LogP contribution in [0.15, 0.2) is 36.4 Å². The van der Waals surface area contributed by atoms with Gasteiger partial charge in [0.1, 0.15) is 5.82 Å². The van der Waals surface area contributed by atoms with Crippen molar-refractivity contribution < 1.29 is 4.39 Å². The molecule has 0 saturated carbocycles. The molecule has 0 aliphatic carbocycles. The van der Waals surface area contributed by atoms with Crippen LogP contribution in [0.5, 0.6) is 0 Å². The maximum Gasteiger partial charge on any atom is 0.183 e. The Kier molecular flexibility index (Phi) is 2.48. The second-order valence-corrected chi connectivity index (χ2v) is 4.45. The van der Waals surface area contributed by atoms with Crippen molar-refractivity contribution in [2.45, 2.75) is 6.92 Å². The predicted octanol–water partition coefficient (Wildman–Crippen LogP) is 3.53. The predicted molar refractivity (Wildman–Crippen MR) is 70.9 cm³/mol. The second-order valence-electron chi connectivity index (χ2n) is 4.07. The molecule has 1 N–H and O–H groups in total. The topological polar surface area (TPSA) is 33.6 Å². The van der Waals surface area contributed by atoms with Crippen molar-refractivity contribution in [2.75, 3.05) is 0 Å². The molecule has 3 aromatic rings. The quantitative estimate of drug-likeness (QED) is 0.678. The molecule has 3 rings (SSSR count). The highest BCUT2D eigenvalue weighted by atomic mass is 32.1. The molecule has 90 valence electrons. The number of rotatable bonds is 1. The number of benzene rings is 1. The van der Waals surface area contributed by atoms with Gasteiger partial charge < -0.3 is 4.98 Å². The van der Waals surface area contributed by atoms with E-state index in [1.165, 1.54) is 12.1 Å². The third-order valence-corrected chi connectivity index (χ3v) is 3.04. The first kappa shape index (κ1) is 11.1. The first-order chi connectivity index (χ1) is 8.65. The number of fused-ring (bicyclic) bond motifs is 1. The Morgan fingerprint density at radius 2 is 1.89 bits per heavy atom. The maximum absolute atomic E-state index is 12.9. The molecule has 0 bridgehead atoms. The minimum absolute atomic E-state index is 0.269. The fourth-order valence-corrected chi connectivity index (χ4v) is 2.21. The van der Waals surface area contributed by atoms with Crippen LogP contribution < -0.4 is 0 Å². The molecular formula is C13H10FN3S. The summed E-state index contributed by atoms with van der Waals surface area (Å²) < 4.78 is 15.3. The Morgan fingerprint density at radius 1 is 1.17 bits per heavy atom. The van der Waals surface area contributed by atoms with E-state index >= 15 is 0 Å². The van der Waals surface area contributed by atoms with Crippen LogP contribution in [0.2, 0.25) is 0 Å². The fourth-order valence-electron chi connectivity index (χ4n) is 1.91. The number of aryl methyl sites for hydroxylation is 1. The Morgan fingerprint density at radius 3 is 2.61 bits per heavy atom. The number of nitrogens with one attached hydrogen (secondary N) is 1. The number of aromatic nitrogens is 3. The summed E-state index contributed by atoms with van der Waals surface area (Å²) in [6.45, 7) is 1.92. The second kappa shape index (κ2) is 4.03. The normalized spacial score (nSPS) is 11.0. The smallest absolute Gasteiger partial charge is 0.183 e. The Labute approximate surface area is 108 Å². The van der Waals surface area contributed by atoms with Gasteiger partial charge in [0.05, 0.1) is 11.2 Å². The van der Waals surface area contributed by atoms with Gasteiger partial charge in [-0.2, -0.15) is 0 Å². The van der Waals surface area contributed by atoms with E-state index in [4.69, 9.17) is 12.2 Å². The van der Waals surface area contributed by atoms with Crippen molar-refractivity contribution in [1.82, 2.24) is 14.5 Å². The Balaban J connectivity index is 2.34. The van der Waals surface area contributed by atoms with E-state index in [-0.39, 0.29) is 5.82 Å². The average Bonchev–Trinajstić information content (AvgIpc) is 2.66. The minimum Gasteiger partial charge on any atom is -0.329 e. The molecule has 0 radical (unpaired) electrons. The number of aromatic amines is 1. The lowest BCUT2D eigenvalue weighted by molar-refractivity contribution is 0.627. The number of hydrogen-bond acceptors (Lipinski definition) is 2. The van der Waals surface area contributed by atoms with Crippen molar-refractivity contribution in [2.24, 2.45) is 0 Å². The van der Waals surface area contributed by atoms with Gasteiger partial charge >= 0.3 is 0 Å². The van der Waals surface area contributed by atoms with Crippen molar-refractivity contribution in [1.29, 1.82) is 0 Å². The molecule has 0 saturated heterocycles. The number of imidazole rings is 1. The molecule has 5 heteroatoms. The zero-order valence-corrected chi connectivity index (χ0v) is 10.5. The third-order valence-electron chi connectivity index (χ3n) is 2.76. The van der Waals surface area contributed by atoms with Gasteiger partial charge in [-0.1, -0.05) is 0 Å². The third kappa shape index (κ3) is 1.73. The zero-order chi connectivity index (χ0) is 12.7. The summed E-state index contributed by atoms with van der Waals surface area (Å²) >= 11 is 5.28. The van der Waals surface area contributed by atoms with Gasteiger partial charge in [0.2, 0.25) is 0 Å². The van der Waals surface area contributed by atoms with E-state index in [2.05, 4.69) is 9.97 Å². The van der Waals surface area contributed by atoms with Crippen molar-refractivity contribution in [3.8, 4) is 5.69 Å². The van der Waals surface area contributed by atoms with Crippen LogP contribution in [0.25, 0.3) is 16.9 Å². The highest BCUT2D eigenvalue weighted by Gasteiger charge is 2.07. The molecule has 0 spiro atoms. The van der Waals surface area contributed by atoms with E-state index in [1.54, 1.807) is 16.7 Å². The monoisotopic (exact) mass is 259 g/mol. The van der Waals surface area contributed by atoms with Crippen LogP contribution in [0, 0.1) is 17.5 Å². The molecule has 0 amide bonds. The molecule has 2 heterocycles. The van der Waals surface area contributed by atoms with Gasteiger partial charge in [0.15, 0.2) is 10.4 Å². The first-order valence-electron chi connectivity index (χ1n) is 5.49. The maximum atomic E-state index is 12.9. The van der Waals surface area contributed by atoms with E-state index in [9.17, 15) is 4.39 Å². The Bertz CT molecular complexity index is 771. The van der Waals surface area contributed by atoms with E-state index < -0.39 is 0 Å². The SMILES string of the molecule is Cc1ccc2[nH]c(=S)n(-c3ccc(F)cc3)c2n1. The summed E-state index contributed by atoms with van der Waals surface area (Å²) in [5, 5.41) is 0. The highest BCUT2D eigenvalue weighted by Crippen LogP contribution is 2.18. The largest absolute Gasteiger partial charge is 0.329 e. The number of halogens is 1. The van der Waals surface area contributed by atoms with Gasteiger partial charge in [-0.25, -0.2) is 9.37 Å².